The van der Waals surface area contributed by atoms with E-state index in [4.69, 9.17) is 29.6 Å². The summed E-state index contributed by atoms with van der Waals surface area (Å²) in [6.07, 6.45) is 0. The van der Waals surface area contributed by atoms with Crippen LogP contribution in [0.25, 0.3) is 0 Å². The molecular formula is C14H9ClF2N2OS. The Labute approximate surface area is 129 Å². The third-order valence-corrected chi connectivity index (χ3v) is 3.26. The molecule has 0 bridgehead atoms. The molecule has 0 saturated heterocycles. The van der Waals surface area contributed by atoms with Crippen LogP contribution >= 0.6 is 23.8 Å². The van der Waals surface area contributed by atoms with Gasteiger partial charge >= 0.3 is 0 Å². The first-order valence-electron chi connectivity index (χ1n) is 5.75. The molecule has 0 atom stereocenters. The van der Waals surface area contributed by atoms with E-state index in [0.717, 1.165) is 6.07 Å². The van der Waals surface area contributed by atoms with Gasteiger partial charge in [-0.05, 0) is 24.3 Å². The van der Waals surface area contributed by atoms with Crippen molar-refractivity contribution in [3.05, 3.63) is 64.2 Å². The highest BCUT2D eigenvalue weighted by Crippen LogP contribution is 2.24. The molecule has 108 valence electrons. The summed E-state index contributed by atoms with van der Waals surface area (Å²) < 4.78 is 26.7. The van der Waals surface area contributed by atoms with Gasteiger partial charge in [0.2, 0.25) is 0 Å². The van der Waals surface area contributed by atoms with Crippen molar-refractivity contribution in [3.63, 3.8) is 0 Å². The third kappa shape index (κ3) is 3.34. The highest BCUT2D eigenvalue weighted by Gasteiger charge is 2.16. The highest BCUT2D eigenvalue weighted by molar-refractivity contribution is 7.80. The van der Waals surface area contributed by atoms with Crippen LogP contribution in [-0.2, 0) is 0 Å². The van der Waals surface area contributed by atoms with Crippen molar-refractivity contribution in [1.29, 1.82) is 0 Å². The molecule has 21 heavy (non-hydrogen) atoms. The largest absolute Gasteiger partial charge is 0.389 e. The summed E-state index contributed by atoms with van der Waals surface area (Å²) >= 11 is 10.8. The number of hydrogen-bond acceptors (Lipinski definition) is 2. The Hall–Kier alpha value is -2.05. The fourth-order valence-electron chi connectivity index (χ4n) is 1.64. The molecule has 0 spiro atoms. The molecule has 0 aliphatic carbocycles. The van der Waals surface area contributed by atoms with Crippen molar-refractivity contribution in [1.82, 2.24) is 0 Å². The maximum absolute atomic E-state index is 13.6. The van der Waals surface area contributed by atoms with Crippen LogP contribution in [0.1, 0.15) is 15.9 Å². The second-order valence-electron chi connectivity index (χ2n) is 4.11. The molecule has 2 aromatic carbocycles. The van der Waals surface area contributed by atoms with Gasteiger partial charge in [-0.15, -0.1) is 0 Å². The molecule has 0 heterocycles. The van der Waals surface area contributed by atoms with Crippen LogP contribution in [0.3, 0.4) is 0 Å². The monoisotopic (exact) mass is 326 g/mol. The Morgan fingerprint density at radius 3 is 2.62 bits per heavy atom. The van der Waals surface area contributed by atoms with E-state index in [2.05, 4.69) is 5.32 Å². The molecule has 3 N–H and O–H groups in total. The molecule has 0 aliphatic heterocycles. The van der Waals surface area contributed by atoms with Gasteiger partial charge < -0.3 is 11.1 Å². The summed E-state index contributed by atoms with van der Waals surface area (Å²) in [6.45, 7) is 0. The van der Waals surface area contributed by atoms with Gasteiger partial charge in [0.25, 0.3) is 5.91 Å². The SMILES string of the molecule is NC(=S)c1ccc(Cl)c(NC(=O)c2cccc(F)c2F)c1. The number of nitrogens with two attached hydrogens (primary N) is 1. The minimum absolute atomic E-state index is 0.124. The lowest BCUT2D eigenvalue weighted by molar-refractivity contribution is 0.102. The molecule has 0 aliphatic rings. The Morgan fingerprint density at radius 1 is 1.24 bits per heavy atom. The van der Waals surface area contributed by atoms with Crippen molar-refractivity contribution in [2.24, 2.45) is 5.73 Å². The number of halogens is 3. The van der Waals surface area contributed by atoms with Gasteiger partial charge in [-0.1, -0.05) is 36.0 Å². The number of amides is 1. The molecule has 7 heteroatoms. The molecule has 0 saturated carbocycles. The van der Waals surface area contributed by atoms with Crippen LogP contribution in [0.15, 0.2) is 36.4 Å². The molecule has 1 amide bonds. The van der Waals surface area contributed by atoms with Gasteiger partial charge in [0.05, 0.1) is 16.3 Å². The van der Waals surface area contributed by atoms with Crippen LogP contribution in [-0.4, -0.2) is 10.9 Å². The normalized spacial score (nSPS) is 10.2. The lowest BCUT2D eigenvalue weighted by Crippen LogP contribution is -2.16. The Morgan fingerprint density at radius 2 is 1.95 bits per heavy atom. The molecule has 3 nitrogen and oxygen atoms in total. The quantitative estimate of drug-likeness (QED) is 0.849. The van der Waals surface area contributed by atoms with E-state index in [-0.39, 0.29) is 15.7 Å². The van der Waals surface area contributed by atoms with E-state index in [0.29, 0.717) is 5.56 Å². The molecule has 0 aromatic heterocycles. The van der Waals surface area contributed by atoms with Gasteiger partial charge in [-0.2, -0.15) is 0 Å². The van der Waals surface area contributed by atoms with Crippen molar-refractivity contribution < 1.29 is 13.6 Å². The van der Waals surface area contributed by atoms with Crippen LogP contribution in [0, 0.1) is 11.6 Å². The van der Waals surface area contributed by atoms with Crippen molar-refractivity contribution in [3.8, 4) is 0 Å². The van der Waals surface area contributed by atoms with E-state index < -0.39 is 23.1 Å². The lowest BCUT2D eigenvalue weighted by Gasteiger charge is -2.10. The summed E-state index contributed by atoms with van der Waals surface area (Å²) in [5.74, 6) is -3.16. The number of hydrogen-bond donors (Lipinski definition) is 2. The van der Waals surface area contributed by atoms with E-state index in [1.807, 2.05) is 0 Å². The zero-order valence-electron chi connectivity index (χ0n) is 10.5. The second kappa shape index (κ2) is 6.15. The van der Waals surface area contributed by atoms with Crippen LogP contribution < -0.4 is 11.1 Å². The van der Waals surface area contributed by atoms with E-state index in [9.17, 15) is 13.6 Å². The first-order chi connectivity index (χ1) is 9.90. The number of rotatable bonds is 3. The Bertz CT molecular complexity index is 737. The third-order valence-electron chi connectivity index (χ3n) is 2.70. The van der Waals surface area contributed by atoms with Gasteiger partial charge in [0, 0.05) is 5.56 Å². The smallest absolute Gasteiger partial charge is 0.258 e. The predicted octanol–water partition coefficient (Wildman–Crippen LogP) is 3.50. The maximum Gasteiger partial charge on any atom is 0.258 e. The predicted molar refractivity (Wildman–Crippen MR) is 81.7 cm³/mol. The summed E-state index contributed by atoms with van der Waals surface area (Å²) in [4.78, 5) is 12.1. The van der Waals surface area contributed by atoms with E-state index in [1.165, 1.54) is 24.3 Å². The fourth-order valence-corrected chi connectivity index (χ4v) is 1.93. The molecule has 0 unspecified atom stereocenters. The number of anilines is 1. The summed E-state index contributed by atoms with van der Waals surface area (Å²) in [5, 5.41) is 2.62. The van der Waals surface area contributed by atoms with Crippen molar-refractivity contribution in [2.75, 3.05) is 5.32 Å². The Balaban J connectivity index is 2.33. The lowest BCUT2D eigenvalue weighted by atomic mass is 10.1. The molecular weight excluding hydrogens is 318 g/mol. The number of benzene rings is 2. The summed E-state index contributed by atoms with van der Waals surface area (Å²) in [7, 11) is 0. The fraction of sp³-hybridized carbons (Fsp3) is 0. The van der Waals surface area contributed by atoms with Crippen LogP contribution in [0.5, 0.6) is 0 Å². The second-order valence-corrected chi connectivity index (χ2v) is 4.96. The summed E-state index contributed by atoms with van der Waals surface area (Å²) in [5.41, 5.74) is 5.75. The minimum atomic E-state index is -1.23. The van der Waals surface area contributed by atoms with Gasteiger partial charge in [-0.25, -0.2) is 8.78 Å². The average Bonchev–Trinajstić information content (AvgIpc) is 2.43. The van der Waals surface area contributed by atoms with Gasteiger partial charge in [-0.3, -0.25) is 4.79 Å². The zero-order valence-corrected chi connectivity index (χ0v) is 12.1. The first-order valence-corrected chi connectivity index (χ1v) is 6.53. The molecule has 0 fully saturated rings. The van der Waals surface area contributed by atoms with Gasteiger partial charge in [0.15, 0.2) is 11.6 Å². The standard InChI is InChI=1S/C14H9ClF2N2OS/c15-9-5-4-7(13(18)21)6-11(9)19-14(20)8-2-1-3-10(16)12(8)17/h1-6H,(H2,18,21)(H,19,20). The number of carbonyl (C=O) groups is 1. The van der Waals surface area contributed by atoms with Crippen molar-refractivity contribution in [2.45, 2.75) is 0 Å². The van der Waals surface area contributed by atoms with Crippen molar-refractivity contribution >= 4 is 40.4 Å². The van der Waals surface area contributed by atoms with E-state index in [1.54, 1.807) is 6.07 Å². The number of nitrogens with one attached hydrogen (secondary N) is 1. The summed E-state index contributed by atoms with van der Waals surface area (Å²) in [6, 6.07) is 7.86. The topological polar surface area (TPSA) is 55.1 Å². The Kier molecular flexibility index (Phi) is 4.50. The van der Waals surface area contributed by atoms with E-state index >= 15 is 0 Å². The molecule has 2 rings (SSSR count). The molecule has 2 aromatic rings. The van der Waals surface area contributed by atoms with Gasteiger partial charge in [0.1, 0.15) is 4.99 Å². The highest BCUT2D eigenvalue weighted by atomic mass is 35.5. The van der Waals surface area contributed by atoms with Crippen LogP contribution in [0.2, 0.25) is 5.02 Å². The minimum Gasteiger partial charge on any atom is -0.389 e. The number of thiocarbonyl (C=S) groups is 1. The van der Waals surface area contributed by atoms with Crippen LogP contribution in [0.4, 0.5) is 14.5 Å². The first kappa shape index (κ1) is 15.3. The molecule has 0 radical (unpaired) electrons. The zero-order chi connectivity index (χ0) is 15.6. The number of carbonyl (C=O) groups excluding carboxylic acids is 1. The average molecular weight is 327 g/mol. The maximum atomic E-state index is 13.6.